The Morgan fingerprint density at radius 2 is 1.79 bits per heavy atom. The first-order valence-electron chi connectivity index (χ1n) is 8.29. The van der Waals surface area contributed by atoms with Crippen molar-refractivity contribution >= 4 is 11.5 Å². The molecule has 0 unspecified atom stereocenters. The maximum atomic E-state index is 14.0. The number of methoxy groups -OCH3 is 1. The maximum absolute atomic E-state index is 14.0. The first-order valence-corrected chi connectivity index (χ1v) is 8.29. The number of nitrogens with two attached hydrogens (primary N) is 1. The van der Waals surface area contributed by atoms with E-state index >= 15 is 0 Å². The van der Waals surface area contributed by atoms with E-state index in [1.54, 1.807) is 18.2 Å². The predicted molar refractivity (Wildman–Crippen MR) is 97.6 cm³/mol. The fraction of sp³-hybridized carbons (Fsp3) is 0.105. The largest absolute Gasteiger partial charge is 0.494 e. The molecule has 4 rings (SSSR count). The number of hydrogen-bond donors (Lipinski definition) is 1. The van der Waals surface area contributed by atoms with E-state index in [4.69, 9.17) is 10.5 Å². The monoisotopic (exact) mass is 403 g/mol. The average Bonchev–Trinajstić information content (AvgIpc) is 3.10. The predicted octanol–water partition coefficient (Wildman–Crippen LogP) is 4.21. The second kappa shape index (κ2) is 6.73. The number of imidazole rings is 1. The van der Waals surface area contributed by atoms with Gasteiger partial charge in [0.1, 0.15) is 5.82 Å². The van der Waals surface area contributed by atoms with Crippen molar-refractivity contribution in [2.75, 3.05) is 12.8 Å². The molecule has 148 valence electrons. The number of halogens is 4. The van der Waals surface area contributed by atoms with Crippen LogP contribution in [0, 0.1) is 5.82 Å². The topological polar surface area (TPSA) is 78.3 Å². The molecule has 0 saturated heterocycles. The van der Waals surface area contributed by atoms with E-state index in [1.165, 1.54) is 36.2 Å². The zero-order valence-corrected chi connectivity index (χ0v) is 14.9. The number of anilines is 1. The molecule has 0 bridgehead atoms. The van der Waals surface area contributed by atoms with Gasteiger partial charge in [0.15, 0.2) is 17.2 Å². The molecule has 10 heteroatoms. The van der Waals surface area contributed by atoms with Gasteiger partial charge in [0, 0.05) is 17.3 Å². The number of hydrogen-bond acceptors (Lipinski definition) is 5. The van der Waals surface area contributed by atoms with Crippen molar-refractivity contribution in [1.82, 2.24) is 19.6 Å². The third-order valence-corrected chi connectivity index (χ3v) is 4.33. The Labute approximate surface area is 161 Å². The molecule has 3 heterocycles. The molecule has 0 spiro atoms. The van der Waals surface area contributed by atoms with E-state index in [0.29, 0.717) is 16.9 Å². The van der Waals surface area contributed by atoms with E-state index < -0.39 is 23.4 Å². The highest BCUT2D eigenvalue weighted by molar-refractivity contribution is 5.67. The second-order valence-electron chi connectivity index (χ2n) is 6.14. The normalized spacial score (nSPS) is 11.8. The SMILES string of the molecule is COc1ccc(-c2ccc3ncc(-c4cnc(N)c(C(F)(F)F)c4)n3n2)cc1F. The van der Waals surface area contributed by atoms with Crippen molar-refractivity contribution in [1.29, 1.82) is 0 Å². The summed E-state index contributed by atoms with van der Waals surface area (Å²) in [5, 5.41) is 4.40. The Hall–Kier alpha value is -3.69. The molecule has 0 aliphatic carbocycles. The van der Waals surface area contributed by atoms with Crippen LogP contribution in [0.3, 0.4) is 0 Å². The quantitative estimate of drug-likeness (QED) is 0.519. The fourth-order valence-corrected chi connectivity index (χ4v) is 2.89. The fourth-order valence-electron chi connectivity index (χ4n) is 2.89. The van der Waals surface area contributed by atoms with Gasteiger partial charge in [-0.25, -0.2) is 18.9 Å². The van der Waals surface area contributed by atoms with Gasteiger partial charge in [0.05, 0.1) is 30.3 Å². The molecular weight excluding hydrogens is 390 g/mol. The van der Waals surface area contributed by atoms with Gasteiger partial charge in [0.25, 0.3) is 0 Å². The number of aromatic nitrogens is 4. The minimum atomic E-state index is -4.65. The van der Waals surface area contributed by atoms with Gasteiger partial charge in [0.2, 0.25) is 0 Å². The Morgan fingerprint density at radius 3 is 2.48 bits per heavy atom. The van der Waals surface area contributed by atoms with Crippen molar-refractivity contribution in [2.45, 2.75) is 6.18 Å². The number of pyridine rings is 1. The first kappa shape index (κ1) is 18.7. The van der Waals surface area contributed by atoms with Crippen molar-refractivity contribution < 1.29 is 22.3 Å². The Bertz CT molecular complexity index is 1220. The molecule has 0 fully saturated rings. The molecule has 3 aromatic heterocycles. The Kier molecular flexibility index (Phi) is 4.33. The number of fused-ring (bicyclic) bond motifs is 1. The van der Waals surface area contributed by atoms with Crippen LogP contribution in [-0.4, -0.2) is 26.7 Å². The number of ether oxygens (including phenoxy) is 1. The number of benzene rings is 1. The third kappa shape index (κ3) is 3.33. The second-order valence-corrected chi connectivity index (χ2v) is 6.14. The van der Waals surface area contributed by atoms with Gasteiger partial charge in [-0.05, 0) is 36.4 Å². The smallest absolute Gasteiger partial charge is 0.419 e. The molecule has 0 aliphatic rings. The first-order chi connectivity index (χ1) is 13.8. The maximum Gasteiger partial charge on any atom is 0.419 e. The summed E-state index contributed by atoms with van der Waals surface area (Å²) in [7, 11) is 1.36. The van der Waals surface area contributed by atoms with Crippen LogP contribution in [0.2, 0.25) is 0 Å². The minimum Gasteiger partial charge on any atom is -0.494 e. The average molecular weight is 403 g/mol. The minimum absolute atomic E-state index is 0.0887. The van der Waals surface area contributed by atoms with Crippen LogP contribution >= 0.6 is 0 Å². The van der Waals surface area contributed by atoms with Crippen LogP contribution in [0.5, 0.6) is 5.75 Å². The van der Waals surface area contributed by atoms with Crippen LogP contribution in [0.4, 0.5) is 23.4 Å². The molecule has 0 aliphatic heterocycles. The van der Waals surface area contributed by atoms with E-state index in [-0.39, 0.29) is 17.0 Å². The molecule has 0 atom stereocenters. The number of nitrogen functional groups attached to an aromatic ring is 1. The zero-order chi connectivity index (χ0) is 20.8. The molecule has 6 nitrogen and oxygen atoms in total. The lowest BCUT2D eigenvalue weighted by Crippen LogP contribution is -2.10. The summed E-state index contributed by atoms with van der Waals surface area (Å²) in [5.41, 5.74) is 6.03. The summed E-state index contributed by atoms with van der Waals surface area (Å²) < 4.78 is 59.8. The number of rotatable bonds is 3. The van der Waals surface area contributed by atoms with Crippen LogP contribution in [0.15, 0.2) is 48.8 Å². The summed E-state index contributed by atoms with van der Waals surface area (Å²) in [6, 6.07) is 8.51. The molecular formula is C19H13F4N5O. The van der Waals surface area contributed by atoms with Crippen LogP contribution in [0.25, 0.3) is 28.2 Å². The number of nitrogens with zero attached hydrogens (tertiary/aromatic N) is 4. The summed E-state index contributed by atoms with van der Waals surface area (Å²) in [5.74, 6) is -1.08. The van der Waals surface area contributed by atoms with Crippen molar-refractivity contribution in [2.24, 2.45) is 0 Å². The lowest BCUT2D eigenvalue weighted by Gasteiger charge is -2.11. The molecule has 0 amide bonds. The van der Waals surface area contributed by atoms with Gasteiger partial charge in [-0.15, -0.1) is 0 Å². The summed E-state index contributed by atoms with van der Waals surface area (Å²) in [6.07, 6.45) is -2.05. The molecule has 0 saturated carbocycles. The zero-order valence-electron chi connectivity index (χ0n) is 14.9. The van der Waals surface area contributed by atoms with E-state index in [0.717, 1.165) is 6.07 Å². The van der Waals surface area contributed by atoms with Gasteiger partial charge >= 0.3 is 6.18 Å². The van der Waals surface area contributed by atoms with E-state index in [9.17, 15) is 17.6 Å². The van der Waals surface area contributed by atoms with E-state index in [1.807, 2.05) is 0 Å². The number of alkyl halides is 3. The summed E-state index contributed by atoms with van der Waals surface area (Å²) in [6.45, 7) is 0. The highest BCUT2D eigenvalue weighted by Gasteiger charge is 2.34. The lowest BCUT2D eigenvalue weighted by molar-refractivity contribution is -0.137. The molecule has 4 aromatic rings. The molecule has 0 radical (unpaired) electrons. The van der Waals surface area contributed by atoms with Crippen LogP contribution in [0.1, 0.15) is 5.56 Å². The summed E-state index contributed by atoms with van der Waals surface area (Å²) >= 11 is 0. The van der Waals surface area contributed by atoms with Gasteiger partial charge in [-0.2, -0.15) is 18.3 Å². The standard InChI is InChI=1S/C19H13F4N5O/c1-29-16-4-2-10(7-13(16)20)14-3-5-17-25-9-15(28(17)27-14)11-6-12(19(21,22)23)18(24)26-8-11/h2-9H,1H3,(H2,24,26). The van der Waals surface area contributed by atoms with E-state index in [2.05, 4.69) is 15.1 Å². The highest BCUT2D eigenvalue weighted by Crippen LogP contribution is 2.35. The third-order valence-electron chi connectivity index (χ3n) is 4.33. The van der Waals surface area contributed by atoms with Crippen LogP contribution < -0.4 is 10.5 Å². The lowest BCUT2D eigenvalue weighted by atomic mass is 10.1. The molecule has 29 heavy (non-hydrogen) atoms. The van der Waals surface area contributed by atoms with Gasteiger partial charge in [-0.1, -0.05) is 0 Å². The highest BCUT2D eigenvalue weighted by atomic mass is 19.4. The van der Waals surface area contributed by atoms with Crippen LogP contribution in [-0.2, 0) is 6.18 Å². The Morgan fingerprint density at radius 1 is 1.00 bits per heavy atom. The van der Waals surface area contributed by atoms with Gasteiger partial charge < -0.3 is 10.5 Å². The Balaban J connectivity index is 1.84. The van der Waals surface area contributed by atoms with Crippen molar-refractivity contribution in [3.05, 3.63) is 60.2 Å². The molecule has 2 N–H and O–H groups in total. The molecule has 1 aromatic carbocycles. The summed E-state index contributed by atoms with van der Waals surface area (Å²) in [4.78, 5) is 7.80. The van der Waals surface area contributed by atoms with Crippen molar-refractivity contribution in [3.63, 3.8) is 0 Å². The van der Waals surface area contributed by atoms with Gasteiger partial charge in [-0.3, -0.25) is 0 Å². The van der Waals surface area contributed by atoms with Crippen molar-refractivity contribution in [3.8, 4) is 28.3 Å².